The standard InChI is InChI=1S/C25H30F3NO4S.C2H6/c1-4-5-10-32-21-11-19(13-24(30)31-3)12-22(14-21)33-15-23(17(2)29)34-16-18-6-8-20(9-7-18)25(26,27)28;1-2/h6-9,11-12,14H,4-5,10,13,15-16,29H2,1-3H3;1-2H3/b23-17-;. The maximum atomic E-state index is 12.8. The van der Waals surface area contributed by atoms with Gasteiger partial charge in [0, 0.05) is 22.4 Å². The lowest BCUT2D eigenvalue weighted by Gasteiger charge is -2.14. The lowest BCUT2D eigenvalue weighted by atomic mass is 10.1. The second-order valence-corrected chi connectivity index (χ2v) is 8.72. The number of ether oxygens (including phenoxy) is 3. The number of nitrogens with two attached hydrogens (primary N) is 1. The summed E-state index contributed by atoms with van der Waals surface area (Å²) in [6.07, 6.45) is -2.39. The topological polar surface area (TPSA) is 70.8 Å². The number of alkyl halides is 3. The van der Waals surface area contributed by atoms with Crippen LogP contribution < -0.4 is 15.2 Å². The molecule has 0 heterocycles. The quantitative estimate of drug-likeness (QED) is 0.234. The highest BCUT2D eigenvalue weighted by molar-refractivity contribution is 8.02. The number of methoxy groups -OCH3 is 1. The lowest BCUT2D eigenvalue weighted by Crippen LogP contribution is -2.08. The average Bonchev–Trinajstić information content (AvgIpc) is 2.84. The number of hydrogen-bond acceptors (Lipinski definition) is 6. The Labute approximate surface area is 216 Å². The van der Waals surface area contributed by atoms with Crippen LogP contribution in [0.3, 0.4) is 0 Å². The van der Waals surface area contributed by atoms with Gasteiger partial charge in [-0.15, -0.1) is 11.8 Å². The molecule has 2 rings (SSSR count). The maximum absolute atomic E-state index is 12.8. The zero-order valence-corrected chi connectivity index (χ0v) is 22.4. The zero-order valence-electron chi connectivity index (χ0n) is 21.5. The van der Waals surface area contributed by atoms with Crippen molar-refractivity contribution in [2.24, 2.45) is 5.73 Å². The first-order chi connectivity index (χ1) is 17.1. The number of hydrogen-bond donors (Lipinski definition) is 1. The molecule has 2 aromatic carbocycles. The van der Waals surface area contributed by atoms with E-state index < -0.39 is 11.7 Å². The molecule has 0 amide bonds. The van der Waals surface area contributed by atoms with Crippen LogP contribution in [0.5, 0.6) is 11.5 Å². The summed E-state index contributed by atoms with van der Waals surface area (Å²) in [5.41, 5.74) is 7.33. The van der Waals surface area contributed by atoms with Crippen molar-refractivity contribution >= 4 is 17.7 Å². The number of allylic oxidation sites excluding steroid dienone is 1. The van der Waals surface area contributed by atoms with Crippen LogP contribution in [0.25, 0.3) is 0 Å². The van der Waals surface area contributed by atoms with E-state index in [0.29, 0.717) is 35.1 Å². The molecular formula is C27H36F3NO4S. The van der Waals surface area contributed by atoms with Gasteiger partial charge in [0.15, 0.2) is 0 Å². The van der Waals surface area contributed by atoms with E-state index in [1.54, 1.807) is 25.1 Å². The van der Waals surface area contributed by atoms with E-state index in [2.05, 4.69) is 6.92 Å². The van der Waals surface area contributed by atoms with Gasteiger partial charge in [-0.25, -0.2) is 0 Å². The summed E-state index contributed by atoms with van der Waals surface area (Å²) in [6.45, 7) is 8.53. The summed E-state index contributed by atoms with van der Waals surface area (Å²) in [7, 11) is 1.33. The molecule has 0 atom stereocenters. The molecule has 36 heavy (non-hydrogen) atoms. The second kappa shape index (κ2) is 16.0. The fraction of sp³-hybridized carbons (Fsp3) is 0.444. The molecule has 0 saturated carbocycles. The summed E-state index contributed by atoms with van der Waals surface area (Å²) in [4.78, 5) is 12.5. The molecule has 200 valence electrons. The number of unbranched alkanes of at least 4 members (excludes halogenated alkanes) is 1. The summed E-state index contributed by atoms with van der Waals surface area (Å²) in [5.74, 6) is 1.18. The molecule has 0 aromatic heterocycles. The van der Waals surface area contributed by atoms with Crippen molar-refractivity contribution in [1.82, 2.24) is 0 Å². The van der Waals surface area contributed by atoms with Crippen LogP contribution in [0.15, 0.2) is 53.1 Å². The Morgan fingerprint density at radius 3 is 2.14 bits per heavy atom. The summed E-state index contributed by atoms with van der Waals surface area (Å²) >= 11 is 1.40. The number of benzene rings is 2. The molecule has 2 aromatic rings. The van der Waals surface area contributed by atoms with Gasteiger partial charge in [0.25, 0.3) is 0 Å². The van der Waals surface area contributed by atoms with Gasteiger partial charge in [-0.1, -0.05) is 39.3 Å². The Bertz CT molecular complexity index is 972. The van der Waals surface area contributed by atoms with Crippen LogP contribution in [-0.4, -0.2) is 26.3 Å². The molecule has 0 unspecified atom stereocenters. The van der Waals surface area contributed by atoms with Crippen molar-refractivity contribution in [3.05, 3.63) is 69.8 Å². The summed E-state index contributed by atoms with van der Waals surface area (Å²) < 4.78 is 54.7. The van der Waals surface area contributed by atoms with Crippen molar-refractivity contribution in [1.29, 1.82) is 0 Å². The third kappa shape index (κ3) is 11.3. The number of halogens is 3. The number of carbonyl (C=O) groups is 1. The Morgan fingerprint density at radius 1 is 1.00 bits per heavy atom. The lowest BCUT2D eigenvalue weighted by molar-refractivity contribution is -0.140. The second-order valence-electron chi connectivity index (χ2n) is 7.65. The van der Waals surface area contributed by atoms with Crippen molar-refractivity contribution < 1.29 is 32.2 Å². The first kappa shape index (κ1) is 31.2. The molecule has 0 spiro atoms. The normalized spacial score (nSPS) is 11.7. The molecule has 0 aliphatic carbocycles. The first-order valence-corrected chi connectivity index (χ1v) is 12.8. The molecule has 5 nitrogen and oxygen atoms in total. The predicted molar refractivity (Wildman–Crippen MR) is 139 cm³/mol. The van der Waals surface area contributed by atoms with Crippen molar-refractivity contribution in [3.63, 3.8) is 0 Å². The SMILES string of the molecule is CC.CCCCOc1cc(CC(=O)OC)cc(OC/C(SCc2ccc(C(F)(F)F)cc2)=C(\C)N)c1. The molecule has 0 aliphatic heterocycles. The number of rotatable bonds is 12. The highest BCUT2D eigenvalue weighted by Crippen LogP contribution is 2.31. The van der Waals surface area contributed by atoms with Gasteiger partial charge in [-0.2, -0.15) is 13.2 Å². The third-order valence-corrected chi connectivity index (χ3v) is 6.05. The van der Waals surface area contributed by atoms with E-state index >= 15 is 0 Å². The zero-order chi connectivity index (χ0) is 27.1. The van der Waals surface area contributed by atoms with E-state index in [1.807, 2.05) is 13.8 Å². The largest absolute Gasteiger partial charge is 0.493 e. The fourth-order valence-corrected chi connectivity index (χ4v) is 3.75. The van der Waals surface area contributed by atoms with Gasteiger partial charge in [0.2, 0.25) is 0 Å². The van der Waals surface area contributed by atoms with Crippen LogP contribution in [0.2, 0.25) is 0 Å². The average molecular weight is 528 g/mol. The van der Waals surface area contributed by atoms with Gasteiger partial charge in [0.1, 0.15) is 18.1 Å². The van der Waals surface area contributed by atoms with E-state index in [9.17, 15) is 18.0 Å². The first-order valence-electron chi connectivity index (χ1n) is 11.8. The highest BCUT2D eigenvalue weighted by atomic mass is 32.2. The minimum absolute atomic E-state index is 0.0825. The number of thioether (sulfide) groups is 1. The van der Waals surface area contributed by atoms with Crippen LogP contribution in [0, 0.1) is 0 Å². The molecule has 0 aliphatic rings. The Balaban J connectivity index is 0.00000316. The Kier molecular flexibility index (Phi) is 13.9. The Morgan fingerprint density at radius 2 is 1.61 bits per heavy atom. The third-order valence-electron chi connectivity index (χ3n) is 4.79. The van der Waals surface area contributed by atoms with E-state index in [1.165, 1.54) is 31.0 Å². The van der Waals surface area contributed by atoms with Crippen molar-refractivity contribution in [2.45, 2.75) is 58.9 Å². The predicted octanol–water partition coefficient (Wildman–Crippen LogP) is 7.13. The number of carbonyl (C=O) groups excluding carboxylic acids is 1. The summed E-state index contributed by atoms with van der Waals surface area (Å²) in [6, 6.07) is 10.3. The van der Waals surface area contributed by atoms with Gasteiger partial charge in [0.05, 0.1) is 25.7 Å². The molecular weight excluding hydrogens is 491 g/mol. The van der Waals surface area contributed by atoms with Gasteiger partial charge < -0.3 is 19.9 Å². The Hall–Kier alpha value is -2.81. The van der Waals surface area contributed by atoms with Crippen molar-refractivity contribution in [2.75, 3.05) is 20.3 Å². The molecule has 0 saturated heterocycles. The molecule has 9 heteroatoms. The molecule has 0 radical (unpaired) electrons. The van der Waals surface area contributed by atoms with Crippen molar-refractivity contribution in [3.8, 4) is 11.5 Å². The van der Waals surface area contributed by atoms with Crippen LogP contribution in [0.1, 0.15) is 57.2 Å². The van der Waals surface area contributed by atoms with E-state index in [4.69, 9.17) is 19.9 Å². The minimum atomic E-state index is -4.36. The van der Waals surface area contributed by atoms with Crippen LogP contribution >= 0.6 is 11.8 Å². The molecule has 2 N–H and O–H groups in total. The molecule has 0 bridgehead atoms. The van der Waals surface area contributed by atoms with Crippen LogP contribution in [-0.2, 0) is 27.9 Å². The van der Waals surface area contributed by atoms with Gasteiger partial charge in [-0.3, -0.25) is 4.79 Å². The van der Waals surface area contributed by atoms with E-state index in [0.717, 1.165) is 35.4 Å². The number of esters is 1. The van der Waals surface area contributed by atoms with Gasteiger partial charge >= 0.3 is 12.1 Å². The smallest absolute Gasteiger partial charge is 0.416 e. The van der Waals surface area contributed by atoms with Gasteiger partial charge in [-0.05, 0) is 48.7 Å². The van der Waals surface area contributed by atoms with E-state index in [-0.39, 0.29) is 19.0 Å². The molecule has 0 fully saturated rings. The van der Waals surface area contributed by atoms with Crippen LogP contribution in [0.4, 0.5) is 13.2 Å². The monoisotopic (exact) mass is 527 g/mol. The summed E-state index contributed by atoms with van der Waals surface area (Å²) in [5, 5.41) is 0. The maximum Gasteiger partial charge on any atom is 0.416 e. The minimum Gasteiger partial charge on any atom is -0.493 e. The highest BCUT2D eigenvalue weighted by Gasteiger charge is 2.29. The fourth-order valence-electron chi connectivity index (χ4n) is 2.85.